The maximum Gasteiger partial charge on any atom is 0.251 e. The lowest BCUT2D eigenvalue weighted by molar-refractivity contribution is -0.114. The van der Waals surface area contributed by atoms with Crippen LogP contribution in [-0.4, -0.2) is 25.5 Å². The summed E-state index contributed by atoms with van der Waals surface area (Å²) in [5.74, 6) is -0.360. The van der Waals surface area contributed by atoms with Gasteiger partial charge in [-0.05, 0) is 36.8 Å². The molecule has 0 unspecified atom stereocenters. The van der Waals surface area contributed by atoms with Crippen LogP contribution in [0.4, 0.5) is 11.4 Å². The van der Waals surface area contributed by atoms with Crippen molar-refractivity contribution in [2.75, 3.05) is 24.3 Å². The number of ether oxygens (including phenoxy) is 1. The second-order valence-electron chi connectivity index (χ2n) is 5.11. The average Bonchev–Trinajstić information content (AvgIpc) is 2.52. The van der Waals surface area contributed by atoms with Crippen LogP contribution in [0, 0.1) is 6.92 Å². The lowest BCUT2D eigenvalue weighted by Gasteiger charge is -2.13. The first kappa shape index (κ1) is 17.6. The Hall–Kier alpha value is -2.73. The van der Waals surface area contributed by atoms with Crippen LogP contribution in [0.5, 0.6) is 5.75 Å². The minimum Gasteiger partial charge on any atom is -0.495 e. The smallest absolute Gasteiger partial charge is 0.251 e. The number of carbonyl (C=O) groups is 2. The molecule has 2 aromatic carbocycles. The van der Waals surface area contributed by atoms with E-state index in [2.05, 4.69) is 10.6 Å². The summed E-state index contributed by atoms with van der Waals surface area (Å²) in [4.78, 5) is 23.7. The number of hydrogen-bond donors (Lipinski definition) is 3. The van der Waals surface area contributed by atoms with Crippen LogP contribution in [0.15, 0.2) is 36.4 Å². The first-order valence-corrected chi connectivity index (χ1v) is 7.57. The van der Waals surface area contributed by atoms with Crippen LogP contribution in [0.1, 0.15) is 15.9 Å². The molecule has 2 aromatic rings. The zero-order chi connectivity index (χ0) is 17.7. The standard InChI is InChI=1S/C17H18ClN3O3/c1-10-4-3-5-12(16(10)17(19)23)20-9-15(22)21-13-8-11(18)6-7-14(13)24-2/h3-8,20H,9H2,1-2H3,(H2,19,23)(H,21,22). The Kier molecular flexibility index (Phi) is 5.65. The molecule has 0 aliphatic heterocycles. The summed E-state index contributed by atoms with van der Waals surface area (Å²) >= 11 is 5.93. The predicted octanol–water partition coefficient (Wildman–Crippen LogP) is 2.81. The fourth-order valence-electron chi connectivity index (χ4n) is 2.29. The van der Waals surface area contributed by atoms with E-state index in [0.717, 1.165) is 5.56 Å². The van der Waals surface area contributed by atoms with Crippen molar-refractivity contribution < 1.29 is 14.3 Å². The number of carbonyl (C=O) groups excluding carboxylic acids is 2. The van der Waals surface area contributed by atoms with E-state index in [1.807, 2.05) is 0 Å². The molecule has 24 heavy (non-hydrogen) atoms. The number of methoxy groups -OCH3 is 1. The van der Waals surface area contributed by atoms with E-state index in [1.54, 1.807) is 43.3 Å². The summed E-state index contributed by atoms with van der Waals surface area (Å²) in [5.41, 5.74) is 7.47. The molecule has 0 spiro atoms. The summed E-state index contributed by atoms with van der Waals surface area (Å²) in [7, 11) is 1.50. The highest BCUT2D eigenvalue weighted by atomic mass is 35.5. The van der Waals surface area contributed by atoms with Crippen LogP contribution < -0.4 is 21.1 Å². The molecule has 6 nitrogen and oxygen atoms in total. The normalized spacial score (nSPS) is 10.1. The highest BCUT2D eigenvalue weighted by Crippen LogP contribution is 2.27. The third-order valence-electron chi connectivity index (χ3n) is 3.39. The molecule has 4 N–H and O–H groups in total. The zero-order valence-corrected chi connectivity index (χ0v) is 14.1. The van der Waals surface area contributed by atoms with Gasteiger partial charge in [0.25, 0.3) is 5.91 Å². The summed E-state index contributed by atoms with van der Waals surface area (Å²) in [6.45, 7) is 1.74. The largest absolute Gasteiger partial charge is 0.495 e. The van der Waals surface area contributed by atoms with E-state index >= 15 is 0 Å². The molecule has 0 atom stereocenters. The number of rotatable bonds is 6. The van der Waals surface area contributed by atoms with Crippen molar-refractivity contribution in [1.29, 1.82) is 0 Å². The van der Waals surface area contributed by atoms with Gasteiger partial charge >= 0.3 is 0 Å². The Morgan fingerprint density at radius 2 is 1.96 bits per heavy atom. The molecule has 0 aromatic heterocycles. The van der Waals surface area contributed by atoms with Gasteiger partial charge in [0, 0.05) is 10.7 Å². The Morgan fingerprint density at radius 1 is 1.21 bits per heavy atom. The van der Waals surface area contributed by atoms with Crippen LogP contribution in [0.25, 0.3) is 0 Å². The molecular formula is C17H18ClN3O3. The van der Waals surface area contributed by atoms with Gasteiger partial charge in [-0.3, -0.25) is 9.59 Å². The minimum atomic E-state index is -0.549. The van der Waals surface area contributed by atoms with Crippen molar-refractivity contribution in [2.24, 2.45) is 5.73 Å². The number of anilines is 2. The molecule has 0 aliphatic rings. The zero-order valence-electron chi connectivity index (χ0n) is 13.4. The molecule has 0 radical (unpaired) electrons. The van der Waals surface area contributed by atoms with Gasteiger partial charge in [0.05, 0.1) is 24.9 Å². The van der Waals surface area contributed by atoms with Gasteiger partial charge in [0.15, 0.2) is 0 Å². The van der Waals surface area contributed by atoms with E-state index in [-0.39, 0.29) is 12.5 Å². The van der Waals surface area contributed by atoms with Crippen molar-refractivity contribution in [3.63, 3.8) is 0 Å². The first-order chi connectivity index (χ1) is 11.4. The maximum atomic E-state index is 12.1. The number of nitrogens with one attached hydrogen (secondary N) is 2. The number of aryl methyl sites for hydroxylation is 1. The second kappa shape index (κ2) is 7.70. The lowest BCUT2D eigenvalue weighted by atomic mass is 10.1. The van der Waals surface area contributed by atoms with Gasteiger partial charge in [0.2, 0.25) is 5.91 Å². The van der Waals surface area contributed by atoms with E-state index in [9.17, 15) is 9.59 Å². The molecule has 7 heteroatoms. The van der Waals surface area contributed by atoms with Gasteiger partial charge in [-0.15, -0.1) is 0 Å². The van der Waals surface area contributed by atoms with E-state index in [1.165, 1.54) is 7.11 Å². The van der Waals surface area contributed by atoms with Gasteiger partial charge in [-0.25, -0.2) is 0 Å². The van der Waals surface area contributed by atoms with Gasteiger partial charge in [-0.2, -0.15) is 0 Å². The van der Waals surface area contributed by atoms with Crippen LogP contribution >= 0.6 is 11.6 Å². The number of primary amides is 1. The molecule has 0 heterocycles. The molecule has 2 rings (SSSR count). The lowest BCUT2D eigenvalue weighted by Crippen LogP contribution is -2.24. The molecule has 126 valence electrons. The highest BCUT2D eigenvalue weighted by Gasteiger charge is 2.13. The van der Waals surface area contributed by atoms with Gasteiger partial charge in [-0.1, -0.05) is 23.7 Å². The van der Waals surface area contributed by atoms with E-state index < -0.39 is 5.91 Å². The summed E-state index contributed by atoms with van der Waals surface area (Å²) in [5, 5.41) is 6.11. The molecule has 0 fully saturated rings. The first-order valence-electron chi connectivity index (χ1n) is 7.19. The number of amides is 2. The SMILES string of the molecule is COc1ccc(Cl)cc1NC(=O)CNc1cccc(C)c1C(N)=O. The number of nitrogens with two attached hydrogens (primary N) is 1. The fourth-order valence-corrected chi connectivity index (χ4v) is 2.46. The topological polar surface area (TPSA) is 93.4 Å². The van der Waals surface area contributed by atoms with Crippen LogP contribution in [0.2, 0.25) is 5.02 Å². The molecule has 2 amide bonds. The minimum absolute atomic E-state index is 0.0423. The Morgan fingerprint density at radius 3 is 2.62 bits per heavy atom. The maximum absolute atomic E-state index is 12.1. The fraction of sp³-hybridized carbons (Fsp3) is 0.176. The van der Waals surface area contributed by atoms with Crippen molar-refractivity contribution in [2.45, 2.75) is 6.92 Å². The summed E-state index contributed by atoms with van der Waals surface area (Å²) in [6.07, 6.45) is 0. The number of halogens is 1. The Balaban J connectivity index is 2.09. The Bertz CT molecular complexity index is 778. The summed E-state index contributed by atoms with van der Waals surface area (Å²) in [6, 6.07) is 10.2. The van der Waals surface area contributed by atoms with Crippen molar-refractivity contribution >= 4 is 34.8 Å². The van der Waals surface area contributed by atoms with Crippen LogP contribution in [-0.2, 0) is 4.79 Å². The van der Waals surface area contributed by atoms with Gasteiger partial charge < -0.3 is 21.1 Å². The Labute approximate surface area is 144 Å². The average molecular weight is 348 g/mol. The van der Waals surface area contributed by atoms with Crippen LogP contribution in [0.3, 0.4) is 0 Å². The van der Waals surface area contributed by atoms with E-state index in [0.29, 0.717) is 27.7 Å². The molecular weight excluding hydrogens is 330 g/mol. The predicted molar refractivity (Wildman–Crippen MR) is 94.8 cm³/mol. The van der Waals surface area contributed by atoms with Crippen molar-refractivity contribution in [3.05, 3.63) is 52.5 Å². The molecule has 0 saturated heterocycles. The van der Waals surface area contributed by atoms with Crippen molar-refractivity contribution in [1.82, 2.24) is 0 Å². The number of hydrogen-bond acceptors (Lipinski definition) is 4. The third kappa shape index (κ3) is 4.17. The van der Waals surface area contributed by atoms with Gasteiger partial charge in [0.1, 0.15) is 5.75 Å². The molecule has 0 bridgehead atoms. The summed E-state index contributed by atoms with van der Waals surface area (Å²) < 4.78 is 5.18. The highest BCUT2D eigenvalue weighted by molar-refractivity contribution is 6.31. The number of benzene rings is 2. The third-order valence-corrected chi connectivity index (χ3v) is 3.63. The molecule has 0 saturated carbocycles. The quantitative estimate of drug-likeness (QED) is 0.749. The second-order valence-corrected chi connectivity index (χ2v) is 5.54. The monoisotopic (exact) mass is 347 g/mol. The van der Waals surface area contributed by atoms with E-state index in [4.69, 9.17) is 22.1 Å². The van der Waals surface area contributed by atoms with Crippen molar-refractivity contribution in [3.8, 4) is 5.75 Å². The molecule has 0 aliphatic carbocycles.